The Kier molecular flexibility index (Phi) is 2.72. The number of aryl methyl sites for hydroxylation is 1. The molecule has 0 amide bonds. The van der Waals surface area contributed by atoms with Gasteiger partial charge in [0.1, 0.15) is 5.75 Å². The van der Waals surface area contributed by atoms with Crippen molar-refractivity contribution < 1.29 is 9.90 Å². The summed E-state index contributed by atoms with van der Waals surface area (Å²) in [4.78, 5) is 10.6. The van der Waals surface area contributed by atoms with E-state index in [2.05, 4.69) is 0 Å². The van der Waals surface area contributed by atoms with E-state index in [0.29, 0.717) is 5.56 Å². The van der Waals surface area contributed by atoms with Crippen LogP contribution in [0.5, 0.6) is 5.75 Å². The lowest BCUT2D eigenvalue weighted by Crippen LogP contribution is -1.94. The predicted molar refractivity (Wildman–Crippen MR) is 55.7 cm³/mol. The van der Waals surface area contributed by atoms with Crippen LogP contribution in [0.1, 0.15) is 21.5 Å². The summed E-state index contributed by atoms with van der Waals surface area (Å²) < 4.78 is 0.750. The number of phenols is 1. The van der Waals surface area contributed by atoms with E-state index < -0.39 is 0 Å². The number of phenolic OH excluding ortho intramolecular Hbond substituents is 1. The SMILES string of the molecule is Cc1cc(O)c(I)c(C)c1C=O. The van der Waals surface area contributed by atoms with Gasteiger partial charge in [-0.15, -0.1) is 0 Å². The Balaban J connectivity index is 3.51. The summed E-state index contributed by atoms with van der Waals surface area (Å²) in [6.07, 6.45) is 0.826. The van der Waals surface area contributed by atoms with E-state index in [0.717, 1.165) is 21.0 Å². The lowest BCUT2D eigenvalue weighted by molar-refractivity contribution is 0.112. The fourth-order valence-electron chi connectivity index (χ4n) is 1.13. The second kappa shape index (κ2) is 3.43. The number of hydrogen-bond donors (Lipinski definition) is 1. The van der Waals surface area contributed by atoms with Crippen LogP contribution >= 0.6 is 22.6 Å². The molecule has 0 spiro atoms. The highest BCUT2D eigenvalue weighted by atomic mass is 127. The van der Waals surface area contributed by atoms with Gasteiger partial charge in [-0.1, -0.05) is 0 Å². The minimum atomic E-state index is 0.246. The molecule has 0 saturated heterocycles. The molecular formula is C9H9IO2. The maximum atomic E-state index is 10.6. The van der Waals surface area contributed by atoms with Gasteiger partial charge < -0.3 is 5.11 Å². The molecule has 12 heavy (non-hydrogen) atoms. The van der Waals surface area contributed by atoms with Gasteiger partial charge in [0.25, 0.3) is 0 Å². The zero-order valence-electron chi connectivity index (χ0n) is 6.89. The van der Waals surface area contributed by atoms with E-state index in [4.69, 9.17) is 0 Å². The number of benzene rings is 1. The van der Waals surface area contributed by atoms with Gasteiger partial charge in [-0.3, -0.25) is 4.79 Å². The normalized spacial score (nSPS) is 9.92. The highest BCUT2D eigenvalue weighted by molar-refractivity contribution is 14.1. The fourth-order valence-corrected chi connectivity index (χ4v) is 1.58. The summed E-state index contributed by atoms with van der Waals surface area (Å²) in [5.74, 6) is 0.246. The quantitative estimate of drug-likeness (QED) is 0.631. The monoisotopic (exact) mass is 276 g/mol. The van der Waals surface area contributed by atoms with Gasteiger partial charge >= 0.3 is 0 Å². The summed E-state index contributed by atoms with van der Waals surface area (Å²) in [5, 5.41) is 9.38. The van der Waals surface area contributed by atoms with Gasteiger partial charge in [0.2, 0.25) is 0 Å². The van der Waals surface area contributed by atoms with Crippen molar-refractivity contribution >= 4 is 28.9 Å². The van der Waals surface area contributed by atoms with E-state index in [1.165, 1.54) is 0 Å². The van der Waals surface area contributed by atoms with Crippen molar-refractivity contribution in [3.05, 3.63) is 26.3 Å². The summed E-state index contributed by atoms with van der Waals surface area (Å²) in [6, 6.07) is 1.61. The van der Waals surface area contributed by atoms with Crippen LogP contribution in [0, 0.1) is 17.4 Å². The first kappa shape index (κ1) is 9.51. The Bertz CT molecular complexity index is 332. The summed E-state index contributed by atoms with van der Waals surface area (Å²) in [7, 11) is 0. The van der Waals surface area contributed by atoms with Gasteiger partial charge in [0, 0.05) is 5.56 Å². The molecule has 0 aliphatic rings. The topological polar surface area (TPSA) is 37.3 Å². The lowest BCUT2D eigenvalue weighted by Gasteiger charge is -2.07. The smallest absolute Gasteiger partial charge is 0.150 e. The Hall–Kier alpha value is -0.580. The van der Waals surface area contributed by atoms with E-state index >= 15 is 0 Å². The van der Waals surface area contributed by atoms with Crippen molar-refractivity contribution in [1.82, 2.24) is 0 Å². The Morgan fingerprint density at radius 1 is 1.50 bits per heavy atom. The van der Waals surface area contributed by atoms with Crippen molar-refractivity contribution in [2.24, 2.45) is 0 Å². The van der Waals surface area contributed by atoms with E-state index in [1.54, 1.807) is 6.07 Å². The molecule has 2 nitrogen and oxygen atoms in total. The number of aldehydes is 1. The average molecular weight is 276 g/mol. The van der Waals surface area contributed by atoms with Gasteiger partial charge in [-0.2, -0.15) is 0 Å². The van der Waals surface area contributed by atoms with E-state index in [1.807, 2.05) is 36.4 Å². The van der Waals surface area contributed by atoms with Gasteiger partial charge in [-0.05, 0) is 53.6 Å². The third-order valence-corrected chi connectivity index (χ3v) is 3.22. The first-order chi connectivity index (χ1) is 5.57. The molecular weight excluding hydrogens is 267 g/mol. The second-order valence-electron chi connectivity index (χ2n) is 2.68. The van der Waals surface area contributed by atoms with Gasteiger partial charge in [0.15, 0.2) is 6.29 Å². The van der Waals surface area contributed by atoms with Crippen LogP contribution in [0.25, 0.3) is 0 Å². The first-order valence-electron chi connectivity index (χ1n) is 3.51. The standard InChI is InChI=1S/C9H9IO2/c1-5-3-8(12)9(10)6(2)7(5)4-11/h3-4,12H,1-2H3. The molecule has 0 aliphatic carbocycles. The Morgan fingerprint density at radius 3 is 2.58 bits per heavy atom. The molecule has 0 bridgehead atoms. The van der Waals surface area contributed by atoms with E-state index in [-0.39, 0.29) is 5.75 Å². The third kappa shape index (κ3) is 1.46. The molecule has 0 unspecified atom stereocenters. The maximum Gasteiger partial charge on any atom is 0.150 e. The van der Waals surface area contributed by atoms with Crippen LogP contribution < -0.4 is 0 Å². The molecule has 1 aromatic rings. The number of carbonyl (C=O) groups excluding carboxylic acids is 1. The molecule has 0 heterocycles. The first-order valence-corrected chi connectivity index (χ1v) is 4.59. The van der Waals surface area contributed by atoms with Crippen molar-refractivity contribution in [3.63, 3.8) is 0 Å². The number of carbonyl (C=O) groups is 1. The number of hydrogen-bond acceptors (Lipinski definition) is 2. The Morgan fingerprint density at radius 2 is 2.08 bits per heavy atom. The van der Waals surface area contributed by atoms with Crippen LogP contribution in [0.4, 0.5) is 0 Å². The predicted octanol–water partition coefficient (Wildman–Crippen LogP) is 2.43. The molecule has 1 aromatic carbocycles. The minimum Gasteiger partial charge on any atom is -0.507 e. The molecule has 1 N–H and O–H groups in total. The fraction of sp³-hybridized carbons (Fsp3) is 0.222. The molecule has 0 aromatic heterocycles. The van der Waals surface area contributed by atoms with Gasteiger partial charge in [0.05, 0.1) is 3.57 Å². The summed E-state index contributed by atoms with van der Waals surface area (Å²) in [6.45, 7) is 3.64. The molecule has 0 aliphatic heterocycles. The second-order valence-corrected chi connectivity index (χ2v) is 3.76. The zero-order valence-corrected chi connectivity index (χ0v) is 9.05. The van der Waals surface area contributed by atoms with Crippen LogP contribution in [0.15, 0.2) is 6.07 Å². The van der Waals surface area contributed by atoms with Crippen molar-refractivity contribution in [2.45, 2.75) is 13.8 Å². The van der Waals surface area contributed by atoms with Crippen LogP contribution in [-0.2, 0) is 0 Å². The number of aromatic hydroxyl groups is 1. The molecule has 0 saturated carbocycles. The highest BCUT2D eigenvalue weighted by Crippen LogP contribution is 2.27. The zero-order chi connectivity index (χ0) is 9.30. The number of halogens is 1. The molecule has 3 heteroatoms. The van der Waals surface area contributed by atoms with Crippen LogP contribution in [0.2, 0.25) is 0 Å². The number of rotatable bonds is 1. The third-order valence-electron chi connectivity index (χ3n) is 1.85. The Labute approximate surface area is 84.7 Å². The van der Waals surface area contributed by atoms with Crippen LogP contribution in [-0.4, -0.2) is 11.4 Å². The largest absolute Gasteiger partial charge is 0.507 e. The van der Waals surface area contributed by atoms with Crippen molar-refractivity contribution in [1.29, 1.82) is 0 Å². The summed E-state index contributed by atoms with van der Waals surface area (Å²) in [5.41, 5.74) is 2.35. The van der Waals surface area contributed by atoms with Crippen molar-refractivity contribution in [2.75, 3.05) is 0 Å². The minimum absolute atomic E-state index is 0.246. The molecule has 1 rings (SSSR count). The van der Waals surface area contributed by atoms with E-state index in [9.17, 15) is 9.90 Å². The molecule has 64 valence electrons. The maximum absolute atomic E-state index is 10.6. The average Bonchev–Trinajstić information content (AvgIpc) is 2.01. The molecule has 0 atom stereocenters. The van der Waals surface area contributed by atoms with Crippen LogP contribution in [0.3, 0.4) is 0 Å². The lowest BCUT2D eigenvalue weighted by atomic mass is 10.0. The molecule has 0 fully saturated rings. The summed E-state index contributed by atoms with van der Waals surface area (Å²) >= 11 is 2.03. The molecule has 0 radical (unpaired) electrons. The van der Waals surface area contributed by atoms with Gasteiger partial charge in [-0.25, -0.2) is 0 Å². The highest BCUT2D eigenvalue weighted by Gasteiger charge is 2.08. The van der Waals surface area contributed by atoms with Crippen molar-refractivity contribution in [3.8, 4) is 5.75 Å².